The molecular weight excluding hydrogens is 443 g/mol. The van der Waals surface area contributed by atoms with Gasteiger partial charge in [-0.15, -0.1) is 0 Å². The number of halogens is 2. The number of hydrazone groups is 1. The molecule has 6 rings (SSSR count). The molecule has 0 spiro atoms. The minimum absolute atomic E-state index is 0.0673. The number of aromatic hydroxyl groups is 1. The SMILES string of the molecule is Oc1ccc(Cl)cc1[C@H]1Oc2ccc(Cl)cc2[C@H]2CC(c3ccc4ccccc4c3)=NN21. The third kappa shape index (κ3) is 3.19. The maximum absolute atomic E-state index is 10.6. The van der Waals surface area contributed by atoms with Gasteiger partial charge in [0.05, 0.1) is 17.3 Å². The van der Waals surface area contributed by atoms with E-state index in [1.807, 2.05) is 35.3 Å². The van der Waals surface area contributed by atoms with Crippen molar-refractivity contribution in [2.75, 3.05) is 0 Å². The number of phenols is 1. The van der Waals surface area contributed by atoms with Crippen molar-refractivity contribution in [1.29, 1.82) is 0 Å². The predicted molar refractivity (Wildman–Crippen MR) is 128 cm³/mol. The first-order valence-electron chi connectivity index (χ1n) is 10.4. The Kier molecular flexibility index (Phi) is 4.53. The number of hydrogen-bond acceptors (Lipinski definition) is 4. The molecule has 0 aromatic heterocycles. The molecule has 0 radical (unpaired) electrons. The molecule has 1 N–H and O–H groups in total. The summed E-state index contributed by atoms with van der Waals surface area (Å²) in [6, 6.07) is 25.2. The van der Waals surface area contributed by atoms with Crippen LogP contribution in [0.15, 0.2) is 84.0 Å². The molecule has 0 bridgehead atoms. The Morgan fingerprint density at radius 1 is 0.844 bits per heavy atom. The minimum atomic E-state index is -0.606. The first kappa shape index (κ1) is 19.5. The van der Waals surface area contributed by atoms with Crippen LogP contribution in [0, 0.1) is 0 Å². The molecule has 4 aromatic rings. The lowest BCUT2D eigenvalue weighted by Gasteiger charge is -2.38. The number of hydrogen-bond donors (Lipinski definition) is 1. The lowest BCUT2D eigenvalue weighted by Crippen LogP contribution is -2.33. The standard InChI is InChI=1S/C26H18Cl2N2O2/c27-18-7-9-24(31)21(13-18)26-30-23(20-12-19(28)8-10-25(20)32-26)14-22(29-30)17-6-5-15-3-1-2-4-16(15)11-17/h1-13,23,26,31H,14H2/t23-,26-/m1/s1. The fourth-order valence-electron chi connectivity index (χ4n) is 4.53. The Hall–Kier alpha value is -3.21. The van der Waals surface area contributed by atoms with Crippen LogP contribution in [0.4, 0.5) is 0 Å². The van der Waals surface area contributed by atoms with Gasteiger partial charge in [-0.1, -0.05) is 59.6 Å². The van der Waals surface area contributed by atoms with Gasteiger partial charge in [-0.2, -0.15) is 5.10 Å². The van der Waals surface area contributed by atoms with Gasteiger partial charge in [-0.25, -0.2) is 5.01 Å². The number of rotatable bonds is 2. The van der Waals surface area contributed by atoms with Crippen molar-refractivity contribution in [3.8, 4) is 11.5 Å². The molecule has 2 aliphatic heterocycles. The van der Waals surface area contributed by atoms with Crippen LogP contribution in [-0.2, 0) is 0 Å². The number of fused-ring (bicyclic) bond motifs is 4. The summed E-state index contributed by atoms with van der Waals surface area (Å²) >= 11 is 12.6. The number of phenolic OH excluding ortho intramolecular Hbond substituents is 1. The first-order valence-corrected chi connectivity index (χ1v) is 11.1. The van der Waals surface area contributed by atoms with Gasteiger partial charge >= 0.3 is 0 Å². The highest BCUT2D eigenvalue weighted by Crippen LogP contribution is 2.49. The van der Waals surface area contributed by atoms with Crippen molar-refractivity contribution in [1.82, 2.24) is 5.01 Å². The molecule has 158 valence electrons. The second-order valence-electron chi connectivity index (χ2n) is 8.06. The fourth-order valence-corrected chi connectivity index (χ4v) is 4.89. The maximum Gasteiger partial charge on any atom is 0.217 e. The van der Waals surface area contributed by atoms with E-state index in [1.54, 1.807) is 18.2 Å². The third-order valence-electron chi connectivity index (χ3n) is 6.09. The smallest absolute Gasteiger partial charge is 0.217 e. The molecule has 2 atom stereocenters. The van der Waals surface area contributed by atoms with Gasteiger partial charge in [0.25, 0.3) is 0 Å². The van der Waals surface area contributed by atoms with Crippen LogP contribution >= 0.6 is 23.2 Å². The summed E-state index contributed by atoms with van der Waals surface area (Å²) in [4.78, 5) is 0. The second-order valence-corrected chi connectivity index (χ2v) is 8.94. The molecule has 4 aromatic carbocycles. The van der Waals surface area contributed by atoms with E-state index in [9.17, 15) is 5.11 Å². The molecule has 0 fully saturated rings. The van der Waals surface area contributed by atoms with Crippen molar-refractivity contribution < 1.29 is 9.84 Å². The summed E-state index contributed by atoms with van der Waals surface area (Å²) in [6.45, 7) is 0. The normalized spacial score (nSPS) is 19.3. The van der Waals surface area contributed by atoms with E-state index in [4.69, 9.17) is 33.0 Å². The van der Waals surface area contributed by atoms with Crippen LogP contribution in [0.1, 0.15) is 35.4 Å². The van der Waals surface area contributed by atoms with E-state index in [2.05, 4.69) is 30.3 Å². The summed E-state index contributed by atoms with van der Waals surface area (Å²) in [6.07, 6.45) is 0.0951. The largest absolute Gasteiger partial charge is 0.507 e. The molecule has 32 heavy (non-hydrogen) atoms. The lowest BCUT2D eigenvalue weighted by atomic mass is 9.95. The maximum atomic E-state index is 10.6. The topological polar surface area (TPSA) is 45.1 Å². The van der Waals surface area contributed by atoms with E-state index < -0.39 is 6.23 Å². The fraction of sp³-hybridized carbons (Fsp3) is 0.115. The van der Waals surface area contributed by atoms with Crippen LogP contribution in [0.3, 0.4) is 0 Å². The molecule has 0 aliphatic carbocycles. The zero-order valence-electron chi connectivity index (χ0n) is 16.9. The monoisotopic (exact) mass is 460 g/mol. The highest BCUT2D eigenvalue weighted by atomic mass is 35.5. The summed E-state index contributed by atoms with van der Waals surface area (Å²) in [5, 5.41) is 21.0. The molecular formula is C26H18Cl2N2O2. The Morgan fingerprint density at radius 3 is 2.44 bits per heavy atom. The van der Waals surface area contributed by atoms with Crippen LogP contribution < -0.4 is 4.74 Å². The zero-order chi connectivity index (χ0) is 21.8. The summed E-state index contributed by atoms with van der Waals surface area (Å²) in [7, 11) is 0. The number of ether oxygens (including phenoxy) is 1. The average molecular weight is 461 g/mol. The van der Waals surface area contributed by atoms with Crippen LogP contribution in [-0.4, -0.2) is 15.8 Å². The van der Waals surface area contributed by atoms with Crippen molar-refractivity contribution >= 4 is 39.7 Å². The number of nitrogens with zero attached hydrogens (tertiary/aromatic N) is 2. The van der Waals surface area contributed by atoms with Gasteiger partial charge in [0.1, 0.15) is 11.5 Å². The average Bonchev–Trinajstić information content (AvgIpc) is 3.26. The lowest BCUT2D eigenvalue weighted by molar-refractivity contribution is -0.0203. The van der Waals surface area contributed by atoms with Crippen LogP contribution in [0.5, 0.6) is 11.5 Å². The van der Waals surface area contributed by atoms with Crippen molar-refractivity contribution in [2.24, 2.45) is 5.10 Å². The molecule has 0 amide bonds. The molecule has 2 aliphatic rings. The number of benzene rings is 4. The predicted octanol–water partition coefficient (Wildman–Crippen LogP) is 7.09. The van der Waals surface area contributed by atoms with Crippen LogP contribution in [0.2, 0.25) is 10.0 Å². The Labute approximate surface area is 195 Å². The van der Waals surface area contributed by atoms with Gasteiger partial charge in [0.2, 0.25) is 6.23 Å². The third-order valence-corrected chi connectivity index (χ3v) is 6.56. The minimum Gasteiger partial charge on any atom is -0.507 e. The molecule has 4 nitrogen and oxygen atoms in total. The molecule has 0 saturated carbocycles. The Bertz CT molecular complexity index is 1400. The molecule has 0 saturated heterocycles. The van der Waals surface area contributed by atoms with Crippen molar-refractivity contribution in [3.63, 3.8) is 0 Å². The Balaban J connectivity index is 1.48. The first-order chi connectivity index (χ1) is 15.6. The molecule has 0 unspecified atom stereocenters. The van der Waals surface area contributed by atoms with E-state index >= 15 is 0 Å². The summed E-state index contributed by atoms with van der Waals surface area (Å²) in [5.74, 6) is 0.847. The van der Waals surface area contributed by atoms with Gasteiger partial charge in [-0.3, -0.25) is 0 Å². The van der Waals surface area contributed by atoms with E-state index in [1.165, 1.54) is 10.8 Å². The zero-order valence-corrected chi connectivity index (χ0v) is 18.4. The quantitative estimate of drug-likeness (QED) is 0.347. The Morgan fingerprint density at radius 2 is 1.59 bits per heavy atom. The van der Waals surface area contributed by atoms with Crippen LogP contribution in [0.25, 0.3) is 10.8 Å². The van der Waals surface area contributed by atoms with Crippen molar-refractivity contribution in [3.05, 3.63) is 106 Å². The van der Waals surface area contributed by atoms with Gasteiger partial charge in [0.15, 0.2) is 0 Å². The van der Waals surface area contributed by atoms with E-state index in [0.29, 0.717) is 22.0 Å². The van der Waals surface area contributed by atoms with Gasteiger partial charge in [0, 0.05) is 22.0 Å². The van der Waals surface area contributed by atoms with Crippen molar-refractivity contribution in [2.45, 2.75) is 18.7 Å². The van der Waals surface area contributed by atoms with Gasteiger partial charge in [-0.05, 0) is 58.8 Å². The van der Waals surface area contributed by atoms with E-state index in [-0.39, 0.29) is 11.8 Å². The highest BCUT2D eigenvalue weighted by molar-refractivity contribution is 6.31. The van der Waals surface area contributed by atoms with Gasteiger partial charge < -0.3 is 9.84 Å². The summed E-state index contributed by atoms with van der Waals surface area (Å²) < 4.78 is 6.32. The van der Waals surface area contributed by atoms with E-state index in [0.717, 1.165) is 22.6 Å². The molecule has 2 heterocycles. The molecule has 6 heteroatoms. The second kappa shape index (κ2) is 7.44. The summed E-state index contributed by atoms with van der Waals surface area (Å²) in [5.41, 5.74) is 3.58. The highest BCUT2D eigenvalue weighted by Gasteiger charge is 2.42.